The van der Waals surface area contributed by atoms with Crippen molar-refractivity contribution in [3.63, 3.8) is 0 Å². The summed E-state index contributed by atoms with van der Waals surface area (Å²) in [5.41, 5.74) is 0. The van der Waals surface area contributed by atoms with Crippen molar-refractivity contribution in [1.29, 1.82) is 0 Å². The molecule has 0 aromatic carbocycles. The highest BCUT2D eigenvalue weighted by Gasteiger charge is 2.27. The van der Waals surface area contributed by atoms with Crippen LogP contribution in [-0.4, -0.2) is 74.9 Å². The number of nitrogens with zero attached hydrogens (tertiary/aromatic N) is 1. The SMILES string of the molecule is CCCCCCCCC(C)CCCCCCC(=O)OC[C@H](COP(=O)(O)OCC[N+](C)(C)C)OC(=O)CCCCCCC(C)CCCCCCCC. The largest absolute Gasteiger partial charge is 0.472 e. The molecule has 1 N–H and O–H groups in total. The van der Waals surface area contributed by atoms with Gasteiger partial charge in [0.25, 0.3) is 0 Å². The Morgan fingerprint density at radius 3 is 1.42 bits per heavy atom. The van der Waals surface area contributed by atoms with Gasteiger partial charge in [0.05, 0.1) is 27.7 Å². The van der Waals surface area contributed by atoms with Crippen LogP contribution in [0, 0.1) is 11.8 Å². The highest BCUT2D eigenvalue weighted by Crippen LogP contribution is 2.43. The van der Waals surface area contributed by atoms with Gasteiger partial charge >= 0.3 is 19.8 Å². The number of rotatable bonds is 38. The number of hydrogen-bond acceptors (Lipinski definition) is 7. The van der Waals surface area contributed by atoms with Crippen LogP contribution in [-0.2, 0) is 32.7 Å². The van der Waals surface area contributed by atoms with Gasteiger partial charge in [0.1, 0.15) is 19.8 Å². The fourth-order valence-electron chi connectivity index (χ4n) is 6.33. The van der Waals surface area contributed by atoms with Gasteiger partial charge in [0.15, 0.2) is 6.10 Å². The normalized spacial score (nSPS) is 14.8. The Morgan fingerprint density at radius 1 is 0.577 bits per heavy atom. The lowest BCUT2D eigenvalue weighted by molar-refractivity contribution is -0.870. The summed E-state index contributed by atoms with van der Waals surface area (Å²) >= 11 is 0. The van der Waals surface area contributed by atoms with Crippen molar-refractivity contribution in [2.45, 2.75) is 201 Å². The molecule has 0 aliphatic rings. The second-order valence-electron chi connectivity index (χ2n) is 16.6. The summed E-state index contributed by atoms with van der Waals surface area (Å²) in [4.78, 5) is 35.4. The van der Waals surface area contributed by atoms with Gasteiger partial charge in [-0.15, -0.1) is 0 Å². The quantitative estimate of drug-likeness (QED) is 0.0287. The Kier molecular flexibility index (Phi) is 32.7. The third-order valence-corrected chi connectivity index (χ3v) is 10.9. The average Bonchev–Trinajstić information content (AvgIpc) is 3.07. The van der Waals surface area contributed by atoms with Crippen LogP contribution in [0.4, 0.5) is 0 Å². The molecule has 310 valence electrons. The van der Waals surface area contributed by atoms with E-state index in [0.29, 0.717) is 23.9 Å². The molecule has 9 nitrogen and oxygen atoms in total. The van der Waals surface area contributed by atoms with Gasteiger partial charge in [-0.05, 0) is 24.7 Å². The number of esters is 2. The standard InChI is InChI=1S/C42H84NO8P/c1-8-10-12-14-16-22-28-38(3)30-24-18-20-26-32-41(44)48-36-40(37-50-52(46,47)49-35-34-43(5,6)7)51-42(45)33-27-21-19-25-31-39(4)29-23-17-15-13-11-9-2/h38-40H,8-37H2,1-7H3/p+1/t38?,39?,40-/m1/s1. The van der Waals surface area contributed by atoms with Gasteiger partial charge in [-0.25, -0.2) is 4.57 Å². The molecule has 0 aromatic rings. The van der Waals surface area contributed by atoms with E-state index in [-0.39, 0.29) is 25.6 Å². The number of likely N-dealkylation sites (N-methyl/N-ethyl adjacent to an activating group) is 1. The second kappa shape index (κ2) is 33.4. The molecule has 0 rings (SSSR count). The Balaban J connectivity index is 4.50. The molecule has 0 aromatic heterocycles. The second-order valence-corrected chi connectivity index (χ2v) is 18.1. The highest BCUT2D eigenvalue weighted by atomic mass is 31.2. The van der Waals surface area contributed by atoms with E-state index < -0.39 is 26.5 Å². The maximum atomic E-state index is 12.7. The molecule has 0 bridgehead atoms. The zero-order valence-electron chi connectivity index (χ0n) is 35.1. The minimum atomic E-state index is -4.37. The molecule has 0 heterocycles. The van der Waals surface area contributed by atoms with E-state index in [1.54, 1.807) is 0 Å². The van der Waals surface area contributed by atoms with Crippen LogP contribution in [0.3, 0.4) is 0 Å². The number of carbonyl (C=O) groups excluding carboxylic acids is 2. The molecular weight excluding hydrogens is 677 g/mol. The van der Waals surface area contributed by atoms with Crippen molar-refractivity contribution in [2.24, 2.45) is 11.8 Å². The number of quaternary nitrogens is 1. The topological polar surface area (TPSA) is 108 Å². The molecular formula is C42H85NO8P+. The van der Waals surface area contributed by atoms with E-state index in [9.17, 15) is 19.0 Å². The fraction of sp³-hybridized carbons (Fsp3) is 0.952. The van der Waals surface area contributed by atoms with Gasteiger partial charge in [-0.2, -0.15) is 0 Å². The zero-order chi connectivity index (χ0) is 38.9. The molecule has 52 heavy (non-hydrogen) atoms. The number of phosphoric acid groups is 1. The Labute approximate surface area is 321 Å². The van der Waals surface area contributed by atoms with E-state index in [2.05, 4.69) is 27.7 Å². The minimum Gasteiger partial charge on any atom is -0.462 e. The molecule has 0 fully saturated rings. The Hall–Kier alpha value is -0.990. The summed E-state index contributed by atoms with van der Waals surface area (Å²) in [6.45, 7) is 9.12. The molecule has 10 heteroatoms. The van der Waals surface area contributed by atoms with Crippen molar-refractivity contribution in [1.82, 2.24) is 0 Å². The average molecular weight is 763 g/mol. The van der Waals surface area contributed by atoms with Crippen LogP contribution >= 0.6 is 7.82 Å². The summed E-state index contributed by atoms with van der Waals surface area (Å²) < 4.78 is 34.4. The van der Waals surface area contributed by atoms with Crippen LogP contribution < -0.4 is 0 Å². The lowest BCUT2D eigenvalue weighted by Gasteiger charge is -2.24. The predicted octanol–water partition coefficient (Wildman–Crippen LogP) is 11.7. The van der Waals surface area contributed by atoms with Gasteiger partial charge in [-0.3, -0.25) is 18.6 Å². The van der Waals surface area contributed by atoms with Crippen LogP contribution in [0.2, 0.25) is 0 Å². The zero-order valence-corrected chi connectivity index (χ0v) is 36.0. The van der Waals surface area contributed by atoms with Crippen molar-refractivity contribution in [3.8, 4) is 0 Å². The van der Waals surface area contributed by atoms with E-state index in [0.717, 1.165) is 50.4 Å². The number of ether oxygens (including phenoxy) is 2. The van der Waals surface area contributed by atoms with Crippen molar-refractivity contribution in [3.05, 3.63) is 0 Å². The highest BCUT2D eigenvalue weighted by molar-refractivity contribution is 7.47. The minimum absolute atomic E-state index is 0.0343. The first-order valence-electron chi connectivity index (χ1n) is 21.5. The Morgan fingerprint density at radius 2 is 0.981 bits per heavy atom. The van der Waals surface area contributed by atoms with Crippen LogP contribution in [0.25, 0.3) is 0 Å². The molecule has 0 saturated carbocycles. The summed E-state index contributed by atoms with van der Waals surface area (Å²) in [5.74, 6) is 0.704. The lowest BCUT2D eigenvalue weighted by atomic mass is 9.96. The van der Waals surface area contributed by atoms with Gasteiger partial charge in [0.2, 0.25) is 0 Å². The summed E-state index contributed by atoms with van der Waals surface area (Å²) in [6.07, 6.45) is 28.6. The summed E-state index contributed by atoms with van der Waals surface area (Å²) in [6, 6.07) is 0. The molecule has 0 saturated heterocycles. The summed E-state index contributed by atoms with van der Waals surface area (Å²) in [5, 5.41) is 0. The molecule has 3 unspecified atom stereocenters. The maximum Gasteiger partial charge on any atom is 0.472 e. The molecule has 0 spiro atoms. The first kappa shape index (κ1) is 51.0. The van der Waals surface area contributed by atoms with Gasteiger partial charge in [0, 0.05) is 12.8 Å². The fourth-order valence-corrected chi connectivity index (χ4v) is 7.07. The molecule has 4 atom stereocenters. The smallest absolute Gasteiger partial charge is 0.462 e. The first-order chi connectivity index (χ1) is 24.8. The van der Waals surface area contributed by atoms with Crippen molar-refractivity contribution < 1.29 is 42.1 Å². The van der Waals surface area contributed by atoms with Crippen molar-refractivity contribution in [2.75, 3.05) is 47.5 Å². The number of phosphoric ester groups is 1. The Bertz CT molecular complexity index is 896. The predicted molar refractivity (Wildman–Crippen MR) is 215 cm³/mol. The third-order valence-electron chi connectivity index (χ3n) is 9.93. The van der Waals surface area contributed by atoms with E-state index in [1.807, 2.05) is 21.1 Å². The number of carbonyl (C=O) groups is 2. The number of unbranched alkanes of at least 4 members (excludes halogenated alkanes) is 16. The first-order valence-corrected chi connectivity index (χ1v) is 23.0. The molecule has 0 aliphatic carbocycles. The maximum absolute atomic E-state index is 12.7. The monoisotopic (exact) mass is 763 g/mol. The van der Waals surface area contributed by atoms with Gasteiger partial charge < -0.3 is 18.9 Å². The summed E-state index contributed by atoms with van der Waals surface area (Å²) in [7, 11) is 1.48. The van der Waals surface area contributed by atoms with E-state index >= 15 is 0 Å². The lowest BCUT2D eigenvalue weighted by Crippen LogP contribution is -2.37. The van der Waals surface area contributed by atoms with Crippen LogP contribution in [0.5, 0.6) is 0 Å². The van der Waals surface area contributed by atoms with Gasteiger partial charge in [-0.1, -0.05) is 169 Å². The molecule has 0 aliphatic heterocycles. The molecule has 0 amide bonds. The van der Waals surface area contributed by atoms with Crippen LogP contribution in [0.15, 0.2) is 0 Å². The van der Waals surface area contributed by atoms with Crippen LogP contribution in [0.1, 0.15) is 195 Å². The molecule has 0 radical (unpaired) electrons. The van der Waals surface area contributed by atoms with E-state index in [1.165, 1.54) is 109 Å². The number of hydrogen-bond donors (Lipinski definition) is 1. The third kappa shape index (κ3) is 36.0. The van der Waals surface area contributed by atoms with E-state index in [4.69, 9.17) is 18.5 Å². The van der Waals surface area contributed by atoms with Crippen molar-refractivity contribution >= 4 is 19.8 Å².